The zero-order valence-electron chi connectivity index (χ0n) is 6.45. The number of anilines is 1. The lowest BCUT2D eigenvalue weighted by Crippen LogP contribution is -2.07. The van der Waals surface area contributed by atoms with Gasteiger partial charge in [-0.15, -0.1) is 0 Å². The van der Waals surface area contributed by atoms with Crippen molar-refractivity contribution in [3.05, 3.63) is 29.8 Å². The van der Waals surface area contributed by atoms with Crippen LogP contribution in [0, 0.1) is 0 Å². The molecule has 0 aliphatic carbocycles. The summed E-state index contributed by atoms with van der Waals surface area (Å²) < 4.78 is 0. The third-order valence-electron chi connectivity index (χ3n) is 1.45. The van der Waals surface area contributed by atoms with Crippen molar-refractivity contribution < 1.29 is 9.90 Å². The Kier molecular flexibility index (Phi) is 2.66. The summed E-state index contributed by atoms with van der Waals surface area (Å²) in [4.78, 5) is 10.3. The highest BCUT2D eigenvalue weighted by atomic mass is 16.4. The van der Waals surface area contributed by atoms with E-state index in [1.54, 1.807) is 24.3 Å². The molecule has 0 saturated carbocycles. The maximum atomic E-state index is 10.3. The monoisotopic (exact) mass is 166 g/mol. The van der Waals surface area contributed by atoms with E-state index in [2.05, 4.69) is 5.43 Å². The zero-order chi connectivity index (χ0) is 8.97. The lowest BCUT2D eigenvalue weighted by molar-refractivity contribution is -0.136. The van der Waals surface area contributed by atoms with Crippen LogP contribution in [0.25, 0.3) is 0 Å². The first-order valence-corrected chi connectivity index (χ1v) is 3.49. The Hall–Kier alpha value is -1.55. The predicted molar refractivity (Wildman–Crippen MR) is 45.6 cm³/mol. The van der Waals surface area contributed by atoms with E-state index in [1.165, 1.54) is 0 Å². The molecule has 0 heterocycles. The number of hydrogen-bond acceptors (Lipinski definition) is 3. The van der Waals surface area contributed by atoms with Gasteiger partial charge in [0.15, 0.2) is 0 Å². The highest BCUT2D eigenvalue weighted by Crippen LogP contribution is 2.09. The largest absolute Gasteiger partial charge is 0.481 e. The molecule has 0 radical (unpaired) electrons. The Morgan fingerprint density at radius 1 is 1.58 bits per heavy atom. The minimum Gasteiger partial charge on any atom is -0.481 e. The summed E-state index contributed by atoms with van der Waals surface area (Å²) in [6, 6.07) is 6.97. The van der Waals surface area contributed by atoms with Crippen molar-refractivity contribution in [3.8, 4) is 0 Å². The Labute approximate surface area is 70.0 Å². The van der Waals surface area contributed by atoms with Crippen LogP contribution in [0.1, 0.15) is 5.56 Å². The van der Waals surface area contributed by atoms with Crippen LogP contribution in [0.4, 0.5) is 5.69 Å². The second kappa shape index (κ2) is 3.73. The number of hydrazine groups is 1. The second-order valence-electron chi connectivity index (χ2n) is 2.42. The van der Waals surface area contributed by atoms with Gasteiger partial charge in [0, 0.05) is 5.69 Å². The number of nitrogen functional groups attached to an aromatic ring is 1. The number of rotatable bonds is 3. The van der Waals surface area contributed by atoms with Crippen molar-refractivity contribution in [2.75, 3.05) is 5.43 Å². The standard InChI is InChI=1S/C8H10N2O2/c9-10-7-3-1-2-6(4-7)5-8(11)12/h1-4,10H,5,9H2,(H,11,12). The van der Waals surface area contributed by atoms with Gasteiger partial charge >= 0.3 is 5.97 Å². The minimum atomic E-state index is -0.843. The fourth-order valence-corrected chi connectivity index (χ4v) is 0.946. The summed E-state index contributed by atoms with van der Waals surface area (Å²) in [6.07, 6.45) is 0.0233. The molecule has 0 atom stereocenters. The van der Waals surface area contributed by atoms with Crippen LogP contribution in [0.3, 0.4) is 0 Å². The maximum absolute atomic E-state index is 10.3. The number of nitrogens with one attached hydrogen (secondary N) is 1. The predicted octanol–water partition coefficient (Wildman–Crippen LogP) is 0.599. The van der Waals surface area contributed by atoms with Gasteiger partial charge in [0.05, 0.1) is 6.42 Å². The number of aliphatic carboxylic acids is 1. The van der Waals surface area contributed by atoms with Gasteiger partial charge in [-0.05, 0) is 17.7 Å². The van der Waals surface area contributed by atoms with Gasteiger partial charge in [0.2, 0.25) is 0 Å². The van der Waals surface area contributed by atoms with E-state index < -0.39 is 5.97 Å². The number of carboxylic acids is 1. The number of carbonyl (C=O) groups is 1. The quantitative estimate of drug-likeness (QED) is 0.454. The maximum Gasteiger partial charge on any atom is 0.307 e. The van der Waals surface area contributed by atoms with Gasteiger partial charge in [-0.2, -0.15) is 0 Å². The average molecular weight is 166 g/mol. The molecule has 4 N–H and O–H groups in total. The molecule has 0 aliphatic rings. The average Bonchev–Trinajstić information content (AvgIpc) is 2.03. The van der Waals surface area contributed by atoms with Crippen molar-refractivity contribution in [2.45, 2.75) is 6.42 Å². The second-order valence-corrected chi connectivity index (χ2v) is 2.42. The van der Waals surface area contributed by atoms with Crippen molar-refractivity contribution >= 4 is 11.7 Å². The van der Waals surface area contributed by atoms with Crippen molar-refractivity contribution in [2.24, 2.45) is 5.84 Å². The molecule has 0 saturated heterocycles. The number of benzene rings is 1. The van der Waals surface area contributed by atoms with E-state index in [1.807, 2.05) is 0 Å². The fourth-order valence-electron chi connectivity index (χ4n) is 0.946. The molecule has 0 aromatic heterocycles. The van der Waals surface area contributed by atoms with Gasteiger partial charge in [0.1, 0.15) is 0 Å². The van der Waals surface area contributed by atoms with Crippen molar-refractivity contribution in [1.29, 1.82) is 0 Å². The molecule has 4 nitrogen and oxygen atoms in total. The lowest BCUT2D eigenvalue weighted by Gasteiger charge is -2.01. The Morgan fingerprint density at radius 2 is 2.33 bits per heavy atom. The first-order chi connectivity index (χ1) is 5.72. The highest BCUT2D eigenvalue weighted by Gasteiger charge is 1.99. The van der Waals surface area contributed by atoms with Crippen LogP contribution in [0.5, 0.6) is 0 Å². The molecule has 0 spiro atoms. The first-order valence-electron chi connectivity index (χ1n) is 3.49. The van der Waals surface area contributed by atoms with E-state index in [9.17, 15) is 4.79 Å². The summed E-state index contributed by atoms with van der Waals surface area (Å²) in [5.41, 5.74) is 3.90. The van der Waals surface area contributed by atoms with Gasteiger partial charge in [-0.3, -0.25) is 10.6 Å². The third-order valence-corrected chi connectivity index (χ3v) is 1.45. The molecule has 0 bridgehead atoms. The number of carboxylic acid groups (broad SMARTS) is 1. The van der Waals surface area contributed by atoms with Gasteiger partial charge < -0.3 is 10.5 Å². The summed E-state index contributed by atoms with van der Waals surface area (Å²) in [7, 11) is 0. The topological polar surface area (TPSA) is 75.3 Å². The van der Waals surface area contributed by atoms with Gasteiger partial charge in [0.25, 0.3) is 0 Å². The number of hydrogen-bond donors (Lipinski definition) is 3. The smallest absolute Gasteiger partial charge is 0.307 e. The van der Waals surface area contributed by atoms with Crippen LogP contribution >= 0.6 is 0 Å². The van der Waals surface area contributed by atoms with Crippen LogP contribution < -0.4 is 11.3 Å². The molecule has 4 heteroatoms. The Morgan fingerprint density at radius 3 is 2.92 bits per heavy atom. The van der Waals surface area contributed by atoms with E-state index >= 15 is 0 Å². The summed E-state index contributed by atoms with van der Waals surface area (Å²) in [6.45, 7) is 0. The minimum absolute atomic E-state index is 0.0233. The van der Waals surface area contributed by atoms with Crippen molar-refractivity contribution in [3.63, 3.8) is 0 Å². The molecular formula is C8H10N2O2. The van der Waals surface area contributed by atoms with E-state index in [-0.39, 0.29) is 6.42 Å². The molecule has 64 valence electrons. The zero-order valence-corrected chi connectivity index (χ0v) is 6.45. The molecule has 0 amide bonds. The SMILES string of the molecule is NNc1cccc(CC(=O)O)c1. The summed E-state index contributed by atoms with van der Waals surface area (Å²) >= 11 is 0. The molecular weight excluding hydrogens is 156 g/mol. The normalized spacial score (nSPS) is 9.42. The lowest BCUT2D eigenvalue weighted by atomic mass is 10.1. The molecule has 0 aliphatic heterocycles. The van der Waals surface area contributed by atoms with Gasteiger partial charge in [-0.1, -0.05) is 12.1 Å². The fraction of sp³-hybridized carbons (Fsp3) is 0.125. The van der Waals surface area contributed by atoms with Crippen LogP contribution in [-0.4, -0.2) is 11.1 Å². The molecule has 12 heavy (non-hydrogen) atoms. The molecule has 1 aromatic rings. The Bertz CT molecular complexity index is 286. The highest BCUT2D eigenvalue weighted by molar-refractivity contribution is 5.70. The third kappa shape index (κ3) is 2.25. The Balaban J connectivity index is 2.79. The van der Waals surface area contributed by atoms with E-state index in [0.717, 1.165) is 5.56 Å². The molecule has 1 rings (SSSR count). The molecule has 0 unspecified atom stereocenters. The molecule has 0 fully saturated rings. The van der Waals surface area contributed by atoms with Crippen LogP contribution in [0.2, 0.25) is 0 Å². The van der Waals surface area contributed by atoms with Crippen LogP contribution in [-0.2, 0) is 11.2 Å². The number of nitrogens with two attached hydrogens (primary N) is 1. The van der Waals surface area contributed by atoms with Gasteiger partial charge in [-0.25, -0.2) is 0 Å². The molecule has 1 aromatic carbocycles. The summed E-state index contributed by atoms with van der Waals surface area (Å²) in [5, 5.41) is 8.48. The first kappa shape index (κ1) is 8.55. The van der Waals surface area contributed by atoms with E-state index in [0.29, 0.717) is 5.69 Å². The van der Waals surface area contributed by atoms with E-state index in [4.69, 9.17) is 10.9 Å². The summed E-state index contributed by atoms with van der Waals surface area (Å²) in [5.74, 6) is 4.31. The van der Waals surface area contributed by atoms with Crippen LogP contribution in [0.15, 0.2) is 24.3 Å². The van der Waals surface area contributed by atoms with Crippen molar-refractivity contribution in [1.82, 2.24) is 0 Å².